The van der Waals surface area contributed by atoms with Gasteiger partial charge >= 0.3 is 0 Å². The van der Waals surface area contributed by atoms with E-state index >= 15 is 0 Å². The van der Waals surface area contributed by atoms with E-state index in [9.17, 15) is 4.79 Å². The summed E-state index contributed by atoms with van der Waals surface area (Å²) in [6.07, 6.45) is 3.86. The fourth-order valence-corrected chi connectivity index (χ4v) is 3.73. The normalized spacial score (nSPS) is 17.1. The number of amides is 1. The average molecular weight is 439 g/mol. The van der Waals surface area contributed by atoms with Crippen LogP contribution in [0, 0.1) is 0 Å². The highest BCUT2D eigenvalue weighted by Crippen LogP contribution is 2.31. The molecule has 0 atom stereocenters. The Labute approximate surface area is 187 Å². The highest BCUT2D eigenvalue weighted by Gasteiger charge is 2.41. The molecule has 1 N–H and O–H groups in total. The summed E-state index contributed by atoms with van der Waals surface area (Å²) in [5, 5.41) is 3.53. The maximum absolute atomic E-state index is 12.5. The van der Waals surface area contributed by atoms with Crippen LogP contribution in [0.5, 0.6) is 17.2 Å². The molecule has 2 aromatic rings. The first-order valence-corrected chi connectivity index (χ1v) is 11.0. The predicted molar refractivity (Wildman–Crippen MR) is 123 cm³/mol. The summed E-state index contributed by atoms with van der Waals surface area (Å²) in [6.45, 7) is 5.47. The van der Waals surface area contributed by atoms with Gasteiger partial charge in [0.15, 0.2) is 16.6 Å². The number of thiocarbonyl (C=S) groups is 1. The third-order valence-electron chi connectivity index (χ3n) is 5.03. The van der Waals surface area contributed by atoms with Crippen molar-refractivity contribution >= 4 is 29.3 Å². The van der Waals surface area contributed by atoms with Gasteiger partial charge in [-0.3, -0.25) is 9.69 Å². The molecule has 7 heteroatoms. The van der Waals surface area contributed by atoms with E-state index in [2.05, 4.69) is 5.32 Å². The molecule has 31 heavy (non-hydrogen) atoms. The molecule has 0 aromatic heterocycles. The lowest BCUT2D eigenvalue weighted by Gasteiger charge is -2.13. The summed E-state index contributed by atoms with van der Waals surface area (Å²) in [5.74, 6) is 2.16. The number of benzene rings is 2. The molecule has 1 aliphatic heterocycles. The van der Waals surface area contributed by atoms with E-state index in [1.54, 1.807) is 4.90 Å². The molecule has 0 radical (unpaired) electrons. The number of rotatable bonds is 9. The lowest BCUT2D eigenvalue weighted by atomic mass is 10.2. The van der Waals surface area contributed by atoms with Crippen LogP contribution in [-0.2, 0) is 11.4 Å². The Morgan fingerprint density at radius 3 is 2.42 bits per heavy atom. The molecule has 1 heterocycles. The van der Waals surface area contributed by atoms with E-state index in [1.807, 2.05) is 62.4 Å². The molecule has 1 saturated heterocycles. The molecule has 2 fully saturated rings. The summed E-state index contributed by atoms with van der Waals surface area (Å²) in [5.41, 5.74) is 2.42. The molecule has 0 unspecified atom stereocenters. The van der Waals surface area contributed by atoms with Gasteiger partial charge in [0.2, 0.25) is 0 Å². The van der Waals surface area contributed by atoms with Crippen LogP contribution in [0.15, 0.2) is 48.2 Å². The average Bonchev–Trinajstić information content (AvgIpc) is 3.55. The summed E-state index contributed by atoms with van der Waals surface area (Å²) in [7, 11) is 0. The fourth-order valence-electron chi connectivity index (χ4n) is 3.39. The van der Waals surface area contributed by atoms with Gasteiger partial charge in [0, 0.05) is 6.04 Å². The van der Waals surface area contributed by atoms with E-state index in [0.717, 1.165) is 41.2 Å². The SMILES string of the molecule is CCOc1ccc(COc2ccc(/C=C3/NC(=S)N(C4CC4)C3=O)cc2)cc1OCC. The number of hydrogen-bond acceptors (Lipinski definition) is 5. The second-order valence-corrected chi connectivity index (χ2v) is 7.79. The number of ether oxygens (including phenoxy) is 3. The van der Waals surface area contributed by atoms with Crippen molar-refractivity contribution in [3.8, 4) is 17.2 Å². The van der Waals surface area contributed by atoms with Crippen LogP contribution in [0.25, 0.3) is 6.08 Å². The molecule has 1 amide bonds. The second kappa shape index (κ2) is 9.39. The lowest BCUT2D eigenvalue weighted by Crippen LogP contribution is -2.32. The highest BCUT2D eigenvalue weighted by molar-refractivity contribution is 7.80. The van der Waals surface area contributed by atoms with Gasteiger partial charge in [-0.2, -0.15) is 0 Å². The first-order valence-electron chi connectivity index (χ1n) is 10.6. The molecule has 0 spiro atoms. The van der Waals surface area contributed by atoms with Gasteiger partial charge in [0.25, 0.3) is 5.91 Å². The number of nitrogens with zero attached hydrogens (tertiary/aromatic N) is 1. The van der Waals surface area contributed by atoms with Gasteiger partial charge in [-0.25, -0.2) is 0 Å². The molecule has 4 rings (SSSR count). The van der Waals surface area contributed by atoms with Crippen LogP contribution in [0.4, 0.5) is 0 Å². The molecule has 6 nitrogen and oxygen atoms in total. The van der Waals surface area contributed by atoms with Crippen LogP contribution >= 0.6 is 12.2 Å². The minimum Gasteiger partial charge on any atom is -0.490 e. The van der Waals surface area contributed by atoms with Crippen molar-refractivity contribution in [3.05, 3.63) is 59.3 Å². The maximum atomic E-state index is 12.5. The van der Waals surface area contributed by atoms with Crippen molar-refractivity contribution in [1.82, 2.24) is 10.2 Å². The second-order valence-electron chi connectivity index (χ2n) is 7.40. The zero-order valence-corrected chi connectivity index (χ0v) is 18.5. The van der Waals surface area contributed by atoms with Crippen molar-refractivity contribution in [2.45, 2.75) is 39.3 Å². The maximum Gasteiger partial charge on any atom is 0.276 e. The third-order valence-corrected chi connectivity index (χ3v) is 5.32. The van der Waals surface area contributed by atoms with Crippen molar-refractivity contribution in [2.24, 2.45) is 0 Å². The minimum absolute atomic E-state index is 0.0478. The Morgan fingerprint density at radius 1 is 1.03 bits per heavy atom. The molecule has 162 valence electrons. The molecule has 1 saturated carbocycles. The largest absolute Gasteiger partial charge is 0.490 e. The van der Waals surface area contributed by atoms with Crippen molar-refractivity contribution in [2.75, 3.05) is 13.2 Å². The Morgan fingerprint density at radius 2 is 1.74 bits per heavy atom. The van der Waals surface area contributed by atoms with E-state index in [-0.39, 0.29) is 11.9 Å². The van der Waals surface area contributed by atoms with Crippen LogP contribution in [-0.4, -0.2) is 35.2 Å². The van der Waals surface area contributed by atoms with Crippen LogP contribution in [0.1, 0.15) is 37.8 Å². The van der Waals surface area contributed by atoms with E-state index in [4.69, 9.17) is 26.4 Å². The van der Waals surface area contributed by atoms with Crippen LogP contribution in [0.2, 0.25) is 0 Å². The summed E-state index contributed by atoms with van der Waals surface area (Å²) >= 11 is 5.29. The molecule has 0 bridgehead atoms. The van der Waals surface area contributed by atoms with Gasteiger partial charge in [-0.1, -0.05) is 18.2 Å². The van der Waals surface area contributed by atoms with Gasteiger partial charge in [-0.15, -0.1) is 0 Å². The quantitative estimate of drug-likeness (QED) is 0.466. The minimum atomic E-state index is -0.0478. The van der Waals surface area contributed by atoms with Crippen molar-refractivity contribution in [3.63, 3.8) is 0 Å². The Balaban J connectivity index is 1.38. The van der Waals surface area contributed by atoms with E-state index in [0.29, 0.717) is 30.6 Å². The van der Waals surface area contributed by atoms with Crippen molar-refractivity contribution < 1.29 is 19.0 Å². The Bertz CT molecular complexity index is 999. The monoisotopic (exact) mass is 438 g/mol. The van der Waals surface area contributed by atoms with Gasteiger partial charge in [-0.05, 0) is 80.4 Å². The lowest BCUT2D eigenvalue weighted by molar-refractivity contribution is -0.122. The molecule has 2 aliphatic rings. The summed E-state index contributed by atoms with van der Waals surface area (Å²) < 4.78 is 17.2. The number of carbonyl (C=O) groups excluding carboxylic acids is 1. The van der Waals surface area contributed by atoms with E-state index < -0.39 is 0 Å². The number of hydrogen-bond donors (Lipinski definition) is 1. The number of nitrogens with one attached hydrogen (secondary N) is 1. The zero-order chi connectivity index (χ0) is 21.8. The first-order chi connectivity index (χ1) is 15.1. The summed E-state index contributed by atoms with van der Waals surface area (Å²) in [4.78, 5) is 14.2. The standard InChI is InChI=1S/C24H26N2O4S/c1-3-28-21-12-7-17(14-22(21)29-4-2)15-30-19-10-5-16(6-11-19)13-20-23(27)26(18-8-9-18)24(31)25-20/h5-7,10-14,18H,3-4,8-9,15H2,1-2H3,(H,25,31)/b20-13+. The predicted octanol–water partition coefficient (Wildman–Crippen LogP) is 4.28. The number of carbonyl (C=O) groups is 1. The zero-order valence-electron chi connectivity index (χ0n) is 17.7. The Hall–Kier alpha value is -3.06. The van der Waals surface area contributed by atoms with Crippen LogP contribution in [0.3, 0.4) is 0 Å². The Kier molecular flexibility index (Phi) is 6.42. The first kappa shape index (κ1) is 21.2. The summed E-state index contributed by atoms with van der Waals surface area (Å²) in [6, 6.07) is 13.7. The van der Waals surface area contributed by atoms with Gasteiger partial charge < -0.3 is 19.5 Å². The molecular weight excluding hydrogens is 412 g/mol. The smallest absolute Gasteiger partial charge is 0.276 e. The molecule has 1 aliphatic carbocycles. The molecular formula is C24H26N2O4S. The van der Waals surface area contributed by atoms with Crippen molar-refractivity contribution in [1.29, 1.82) is 0 Å². The van der Waals surface area contributed by atoms with Gasteiger partial charge in [0.1, 0.15) is 18.1 Å². The van der Waals surface area contributed by atoms with Gasteiger partial charge in [0.05, 0.1) is 13.2 Å². The highest BCUT2D eigenvalue weighted by atomic mass is 32.1. The third kappa shape index (κ3) is 4.99. The van der Waals surface area contributed by atoms with E-state index in [1.165, 1.54) is 0 Å². The molecule has 2 aromatic carbocycles. The topological polar surface area (TPSA) is 60.0 Å². The van der Waals surface area contributed by atoms with Crippen LogP contribution < -0.4 is 19.5 Å². The fraction of sp³-hybridized carbons (Fsp3) is 0.333.